The van der Waals surface area contributed by atoms with Gasteiger partial charge in [-0.05, 0) is 37.3 Å². The molecule has 1 atom stereocenters. The molecule has 0 heterocycles. The molecule has 1 unspecified atom stereocenters. The molecule has 1 aromatic carbocycles. The van der Waals surface area contributed by atoms with E-state index < -0.39 is 0 Å². The molecule has 0 bridgehead atoms. The second-order valence-corrected chi connectivity index (χ2v) is 5.11. The Morgan fingerprint density at radius 3 is 2.32 bits per heavy atom. The van der Waals surface area contributed by atoms with Crippen molar-refractivity contribution in [2.75, 3.05) is 18.0 Å². The van der Waals surface area contributed by atoms with Crippen LogP contribution in [-0.2, 0) is 6.42 Å². The van der Waals surface area contributed by atoms with Gasteiger partial charge in [-0.1, -0.05) is 32.9 Å². The van der Waals surface area contributed by atoms with Gasteiger partial charge >= 0.3 is 0 Å². The Morgan fingerprint density at radius 2 is 1.79 bits per heavy atom. The van der Waals surface area contributed by atoms with Crippen LogP contribution in [0.15, 0.2) is 18.2 Å². The minimum atomic E-state index is -0.122. The van der Waals surface area contributed by atoms with Crippen LogP contribution >= 0.6 is 0 Å². The summed E-state index contributed by atoms with van der Waals surface area (Å²) in [6.07, 6.45) is 3.70. The van der Waals surface area contributed by atoms with Crippen molar-refractivity contribution in [3.63, 3.8) is 0 Å². The van der Waals surface area contributed by atoms with Crippen molar-refractivity contribution in [1.29, 1.82) is 0 Å². The molecule has 0 aromatic heterocycles. The van der Waals surface area contributed by atoms with Gasteiger partial charge in [0, 0.05) is 19.1 Å². The second kappa shape index (κ2) is 8.16. The van der Waals surface area contributed by atoms with Crippen LogP contribution in [0, 0.1) is 5.82 Å². The first-order chi connectivity index (χ1) is 9.13. The highest BCUT2D eigenvalue weighted by atomic mass is 19.1. The van der Waals surface area contributed by atoms with Crippen molar-refractivity contribution in [3.8, 4) is 0 Å². The van der Waals surface area contributed by atoms with E-state index in [0.717, 1.165) is 50.0 Å². The molecule has 0 radical (unpaired) electrons. The molecule has 2 nitrogen and oxygen atoms in total. The number of hydrogen-bond donors (Lipinski definition) is 1. The standard InChI is InChI=1S/C16H27FN2/c1-4-10-19(11-5-2)16-13(12-14(18)6-3)8-7-9-15(16)17/h7-9,14H,4-6,10-12,18H2,1-3H3. The SMILES string of the molecule is CCCN(CCC)c1c(F)cccc1CC(N)CC. The summed E-state index contributed by atoms with van der Waals surface area (Å²) in [5.41, 5.74) is 7.83. The molecule has 0 saturated carbocycles. The third kappa shape index (κ3) is 4.50. The molecule has 0 spiro atoms. The molecule has 0 saturated heterocycles. The lowest BCUT2D eigenvalue weighted by atomic mass is 10.0. The van der Waals surface area contributed by atoms with Crippen LogP contribution in [-0.4, -0.2) is 19.1 Å². The van der Waals surface area contributed by atoms with E-state index in [0.29, 0.717) is 0 Å². The summed E-state index contributed by atoms with van der Waals surface area (Å²) in [5.74, 6) is -0.122. The molecule has 19 heavy (non-hydrogen) atoms. The molecule has 2 N–H and O–H groups in total. The van der Waals surface area contributed by atoms with Gasteiger partial charge in [-0.2, -0.15) is 0 Å². The highest BCUT2D eigenvalue weighted by Gasteiger charge is 2.16. The van der Waals surface area contributed by atoms with Crippen molar-refractivity contribution >= 4 is 5.69 Å². The smallest absolute Gasteiger partial charge is 0.146 e. The maximum atomic E-state index is 14.2. The van der Waals surface area contributed by atoms with Crippen LogP contribution in [0.1, 0.15) is 45.6 Å². The van der Waals surface area contributed by atoms with Crippen molar-refractivity contribution < 1.29 is 4.39 Å². The first-order valence-corrected chi connectivity index (χ1v) is 7.41. The van der Waals surface area contributed by atoms with Crippen molar-refractivity contribution in [1.82, 2.24) is 0 Å². The fraction of sp³-hybridized carbons (Fsp3) is 0.625. The van der Waals surface area contributed by atoms with Crippen LogP contribution in [0.3, 0.4) is 0 Å². The molecule has 1 rings (SSSR count). The zero-order chi connectivity index (χ0) is 14.3. The summed E-state index contributed by atoms with van der Waals surface area (Å²) in [7, 11) is 0. The summed E-state index contributed by atoms with van der Waals surface area (Å²) >= 11 is 0. The van der Waals surface area contributed by atoms with E-state index in [1.54, 1.807) is 12.1 Å². The highest BCUT2D eigenvalue weighted by Crippen LogP contribution is 2.26. The molecule has 0 aliphatic rings. The lowest BCUT2D eigenvalue weighted by Gasteiger charge is -2.27. The van der Waals surface area contributed by atoms with Gasteiger partial charge in [0.15, 0.2) is 0 Å². The van der Waals surface area contributed by atoms with E-state index in [2.05, 4.69) is 25.7 Å². The van der Waals surface area contributed by atoms with E-state index >= 15 is 0 Å². The number of nitrogens with zero attached hydrogens (tertiary/aromatic N) is 1. The van der Waals surface area contributed by atoms with E-state index in [-0.39, 0.29) is 11.9 Å². The zero-order valence-corrected chi connectivity index (χ0v) is 12.5. The minimum absolute atomic E-state index is 0.102. The molecule has 3 heteroatoms. The summed E-state index contributed by atoms with van der Waals surface area (Å²) in [6, 6.07) is 5.44. The van der Waals surface area contributed by atoms with Gasteiger partial charge in [-0.25, -0.2) is 4.39 Å². The Labute approximate surface area is 116 Å². The quantitative estimate of drug-likeness (QED) is 0.777. The number of rotatable bonds is 8. The van der Waals surface area contributed by atoms with E-state index in [4.69, 9.17) is 5.73 Å². The predicted octanol–water partition coefficient (Wildman–Crippen LogP) is 3.73. The van der Waals surface area contributed by atoms with Crippen LogP contribution in [0.25, 0.3) is 0 Å². The summed E-state index contributed by atoms with van der Waals surface area (Å²) in [5, 5.41) is 0. The fourth-order valence-corrected chi connectivity index (χ4v) is 2.38. The lowest BCUT2D eigenvalue weighted by Crippen LogP contribution is -2.29. The number of anilines is 1. The van der Waals surface area contributed by atoms with Crippen LogP contribution in [0.2, 0.25) is 0 Å². The average Bonchev–Trinajstić information content (AvgIpc) is 2.39. The Morgan fingerprint density at radius 1 is 1.16 bits per heavy atom. The molecular formula is C16H27FN2. The van der Waals surface area contributed by atoms with Gasteiger partial charge in [0.25, 0.3) is 0 Å². The molecule has 1 aromatic rings. The highest BCUT2D eigenvalue weighted by molar-refractivity contribution is 5.55. The third-order valence-corrected chi connectivity index (χ3v) is 3.38. The van der Waals surface area contributed by atoms with E-state index in [1.807, 2.05) is 6.07 Å². The Bertz CT molecular complexity index is 373. The normalized spacial score (nSPS) is 12.5. The van der Waals surface area contributed by atoms with Crippen LogP contribution < -0.4 is 10.6 Å². The van der Waals surface area contributed by atoms with Crippen LogP contribution in [0.4, 0.5) is 10.1 Å². The van der Waals surface area contributed by atoms with Crippen molar-refractivity contribution in [2.24, 2.45) is 5.73 Å². The first-order valence-electron chi connectivity index (χ1n) is 7.41. The number of hydrogen-bond acceptors (Lipinski definition) is 2. The summed E-state index contributed by atoms with van der Waals surface area (Å²) < 4.78 is 14.2. The monoisotopic (exact) mass is 266 g/mol. The van der Waals surface area contributed by atoms with Gasteiger partial charge in [-0.15, -0.1) is 0 Å². The Kier molecular flexibility index (Phi) is 6.85. The van der Waals surface area contributed by atoms with Crippen LogP contribution in [0.5, 0.6) is 0 Å². The molecular weight excluding hydrogens is 239 g/mol. The van der Waals surface area contributed by atoms with Crippen molar-refractivity contribution in [2.45, 2.75) is 52.5 Å². The predicted molar refractivity (Wildman–Crippen MR) is 81.2 cm³/mol. The van der Waals surface area contributed by atoms with Gasteiger partial charge in [0.1, 0.15) is 5.82 Å². The summed E-state index contributed by atoms with van der Waals surface area (Å²) in [6.45, 7) is 8.10. The largest absolute Gasteiger partial charge is 0.369 e. The molecule has 108 valence electrons. The van der Waals surface area contributed by atoms with Gasteiger partial charge < -0.3 is 10.6 Å². The average molecular weight is 266 g/mol. The van der Waals surface area contributed by atoms with E-state index in [9.17, 15) is 4.39 Å². The zero-order valence-electron chi connectivity index (χ0n) is 12.5. The number of para-hydroxylation sites is 1. The Balaban J connectivity index is 3.06. The molecule has 0 aliphatic carbocycles. The van der Waals surface area contributed by atoms with Gasteiger partial charge in [-0.3, -0.25) is 0 Å². The maximum Gasteiger partial charge on any atom is 0.146 e. The molecule has 0 aliphatic heterocycles. The van der Waals surface area contributed by atoms with Gasteiger partial charge in [0.2, 0.25) is 0 Å². The third-order valence-electron chi connectivity index (χ3n) is 3.38. The molecule has 0 fully saturated rings. The van der Waals surface area contributed by atoms with Crippen molar-refractivity contribution in [3.05, 3.63) is 29.6 Å². The first kappa shape index (κ1) is 16.0. The number of halogens is 1. The summed E-state index contributed by atoms with van der Waals surface area (Å²) in [4.78, 5) is 2.16. The fourth-order valence-electron chi connectivity index (χ4n) is 2.38. The number of nitrogens with two attached hydrogens (primary N) is 1. The Hall–Kier alpha value is -1.09. The van der Waals surface area contributed by atoms with E-state index in [1.165, 1.54) is 0 Å². The minimum Gasteiger partial charge on any atom is -0.369 e. The maximum absolute atomic E-state index is 14.2. The van der Waals surface area contributed by atoms with Gasteiger partial charge in [0.05, 0.1) is 5.69 Å². The topological polar surface area (TPSA) is 29.3 Å². The number of benzene rings is 1. The second-order valence-electron chi connectivity index (χ2n) is 5.11. The lowest BCUT2D eigenvalue weighted by molar-refractivity contribution is 0.600. The molecule has 0 amide bonds.